The molecule has 8 heavy (non-hydrogen) atoms. The highest BCUT2D eigenvalue weighted by Crippen LogP contribution is 2.04. The maximum Gasteiger partial charge on any atom is 0.0165 e. The summed E-state index contributed by atoms with van der Waals surface area (Å²) in [4.78, 5) is 2.10. The molecule has 0 aliphatic heterocycles. The Kier molecular flexibility index (Phi) is 5.81. The maximum atomic E-state index is 3.93. The third-order valence-corrected chi connectivity index (χ3v) is 1.31. The van der Waals surface area contributed by atoms with E-state index in [-0.39, 0.29) is 0 Å². The molecule has 0 aliphatic rings. The predicted molar refractivity (Wildman–Crippen MR) is 44.3 cm³/mol. The molecule has 0 amide bonds. The lowest BCUT2D eigenvalue weighted by atomic mass is 10.6. The largest absolute Gasteiger partial charge is 0.306 e. The molecule has 0 heterocycles. The van der Waals surface area contributed by atoms with Crippen molar-refractivity contribution in [2.24, 2.45) is 0 Å². The average molecular weight is 149 g/mol. The SMILES string of the molecule is CN(C)C/C=C/SS. The highest BCUT2D eigenvalue weighted by Gasteiger charge is 1.78. The molecule has 0 saturated carbocycles. The van der Waals surface area contributed by atoms with E-state index in [0.717, 1.165) is 6.54 Å². The molecule has 3 heteroatoms. The van der Waals surface area contributed by atoms with Crippen LogP contribution >= 0.6 is 22.5 Å². The first-order valence-electron chi connectivity index (χ1n) is 2.37. The van der Waals surface area contributed by atoms with E-state index in [1.165, 1.54) is 10.8 Å². The quantitative estimate of drug-likeness (QED) is 0.480. The van der Waals surface area contributed by atoms with Gasteiger partial charge in [-0.1, -0.05) is 16.9 Å². The first kappa shape index (κ1) is 8.40. The normalized spacial score (nSPS) is 11.5. The lowest BCUT2D eigenvalue weighted by molar-refractivity contribution is 0.457. The van der Waals surface area contributed by atoms with Crippen molar-refractivity contribution in [3.05, 3.63) is 11.5 Å². The molecular weight excluding hydrogens is 138 g/mol. The van der Waals surface area contributed by atoms with E-state index in [1.807, 2.05) is 19.5 Å². The van der Waals surface area contributed by atoms with Gasteiger partial charge in [0.25, 0.3) is 0 Å². The fourth-order valence-corrected chi connectivity index (χ4v) is 0.727. The summed E-state index contributed by atoms with van der Waals surface area (Å²) in [6.07, 6.45) is 2.07. The van der Waals surface area contributed by atoms with Crippen LogP contribution < -0.4 is 0 Å². The minimum Gasteiger partial charge on any atom is -0.306 e. The molecule has 0 atom stereocenters. The second kappa shape index (κ2) is 5.54. The van der Waals surface area contributed by atoms with Crippen molar-refractivity contribution in [3.63, 3.8) is 0 Å². The van der Waals surface area contributed by atoms with Crippen LogP contribution in [0.3, 0.4) is 0 Å². The van der Waals surface area contributed by atoms with E-state index in [0.29, 0.717) is 0 Å². The van der Waals surface area contributed by atoms with Crippen LogP contribution in [0.15, 0.2) is 11.5 Å². The van der Waals surface area contributed by atoms with Gasteiger partial charge in [-0.25, -0.2) is 0 Å². The molecule has 0 aromatic rings. The van der Waals surface area contributed by atoms with Gasteiger partial charge in [0.15, 0.2) is 0 Å². The molecule has 1 nitrogen and oxygen atoms in total. The predicted octanol–water partition coefficient (Wildman–Crippen LogP) is 1.64. The van der Waals surface area contributed by atoms with Crippen molar-refractivity contribution in [2.75, 3.05) is 20.6 Å². The molecule has 0 spiro atoms. The zero-order valence-electron chi connectivity index (χ0n) is 5.16. The third kappa shape index (κ3) is 6.40. The Bertz CT molecular complexity index is 70.8. The monoisotopic (exact) mass is 149 g/mol. The van der Waals surface area contributed by atoms with Crippen LogP contribution in [0.1, 0.15) is 0 Å². The molecule has 0 N–H and O–H groups in total. The summed E-state index contributed by atoms with van der Waals surface area (Å²) in [5.41, 5.74) is 0. The third-order valence-electron chi connectivity index (χ3n) is 0.628. The Labute approximate surface area is 59.9 Å². The smallest absolute Gasteiger partial charge is 0.0165 e. The first-order valence-corrected chi connectivity index (χ1v) is 4.30. The van der Waals surface area contributed by atoms with Gasteiger partial charge in [0.2, 0.25) is 0 Å². The molecular formula is C5H11NS2. The summed E-state index contributed by atoms with van der Waals surface area (Å²) in [6.45, 7) is 0.994. The van der Waals surface area contributed by atoms with Crippen molar-refractivity contribution in [3.8, 4) is 0 Å². The van der Waals surface area contributed by atoms with Crippen molar-refractivity contribution >= 4 is 22.5 Å². The van der Waals surface area contributed by atoms with Crippen LogP contribution in [-0.4, -0.2) is 25.5 Å². The maximum absolute atomic E-state index is 3.93. The topological polar surface area (TPSA) is 3.24 Å². The van der Waals surface area contributed by atoms with Gasteiger partial charge in [0.1, 0.15) is 0 Å². The molecule has 0 unspecified atom stereocenters. The summed E-state index contributed by atoms with van der Waals surface area (Å²) >= 11 is 3.93. The molecule has 0 aliphatic carbocycles. The molecule has 0 fully saturated rings. The Balaban J connectivity index is 3.03. The highest BCUT2D eigenvalue weighted by atomic mass is 33.1. The highest BCUT2D eigenvalue weighted by molar-refractivity contribution is 8.69. The van der Waals surface area contributed by atoms with Crippen molar-refractivity contribution in [2.45, 2.75) is 0 Å². The summed E-state index contributed by atoms with van der Waals surface area (Å²) in [7, 11) is 5.50. The molecule has 0 bridgehead atoms. The number of likely N-dealkylation sites (N-methyl/N-ethyl adjacent to an activating group) is 1. The van der Waals surface area contributed by atoms with E-state index in [2.05, 4.69) is 22.6 Å². The second-order valence-electron chi connectivity index (χ2n) is 1.74. The van der Waals surface area contributed by atoms with Gasteiger partial charge < -0.3 is 4.90 Å². The van der Waals surface area contributed by atoms with Crippen LogP contribution in [0.4, 0.5) is 0 Å². The molecule has 0 aromatic heterocycles. The van der Waals surface area contributed by atoms with Gasteiger partial charge in [0.05, 0.1) is 0 Å². The van der Waals surface area contributed by atoms with E-state index in [4.69, 9.17) is 0 Å². The van der Waals surface area contributed by atoms with Gasteiger partial charge in [0, 0.05) is 6.54 Å². The zero-order chi connectivity index (χ0) is 6.41. The average Bonchev–Trinajstić information content (AvgIpc) is 1.66. The van der Waals surface area contributed by atoms with Crippen LogP contribution in [-0.2, 0) is 0 Å². The Morgan fingerprint density at radius 2 is 2.25 bits per heavy atom. The van der Waals surface area contributed by atoms with Crippen molar-refractivity contribution in [1.82, 2.24) is 4.90 Å². The van der Waals surface area contributed by atoms with E-state index in [1.54, 1.807) is 0 Å². The number of hydrogen-bond donors (Lipinski definition) is 1. The lowest BCUT2D eigenvalue weighted by Crippen LogP contribution is -2.10. The molecule has 0 rings (SSSR count). The summed E-state index contributed by atoms with van der Waals surface area (Å²) in [5, 5.41) is 1.96. The lowest BCUT2D eigenvalue weighted by Gasteiger charge is -2.02. The van der Waals surface area contributed by atoms with Gasteiger partial charge in [-0.05, 0) is 19.5 Å². The van der Waals surface area contributed by atoms with Gasteiger partial charge in [-0.2, -0.15) is 0 Å². The van der Waals surface area contributed by atoms with E-state index < -0.39 is 0 Å². The number of nitrogens with zero attached hydrogens (tertiary/aromatic N) is 1. The molecule has 0 saturated heterocycles. The van der Waals surface area contributed by atoms with Crippen LogP contribution in [0, 0.1) is 0 Å². The first-order chi connectivity index (χ1) is 3.77. The molecule has 48 valence electrons. The minimum absolute atomic E-state index is 0.994. The summed E-state index contributed by atoms with van der Waals surface area (Å²) in [6, 6.07) is 0. The number of rotatable bonds is 3. The van der Waals surface area contributed by atoms with Gasteiger partial charge in [-0.3, -0.25) is 0 Å². The standard InChI is InChI=1S/C5H11NS2/c1-6(2)4-3-5-8-7/h3,5,7H,4H2,1-2H3/b5-3+. The summed E-state index contributed by atoms with van der Waals surface area (Å²) in [5.74, 6) is 0. The Hall–Kier alpha value is 0.400. The van der Waals surface area contributed by atoms with Gasteiger partial charge in [-0.15, -0.1) is 11.7 Å². The number of thiol groups is 1. The molecule has 0 radical (unpaired) electrons. The van der Waals surface area contributed by atoms with Crippen molar-refractivity contribution < 1.29 is 0 Å². The van der Waals surface area contributed by atoms with E-state index in [9.17, 15) is 0 Å². The minimum atomic E-state index is 0.994. The van der Waals surface area contributed by atoms with Crippen LogP contribution in [0.25, 0.3) is 0 Å². The van der Waals surface area contributed by atoms with Crippen LogP contribution in [0.5, 0.6) is 0 Å². The molecule has 0 aromatic carbocycles. The zero-order valence-corrected chi connectivity index (χ0v) is 6.88. The Morgan fingerprint density at radius 1 is 1.62 bits per heavy atom. The Morgan fingerprint density at radius 3 is 2.62 bits per heavy atom. The second-order valence-corrected chi connectivity index (χ2v) is 2.85. The fraction of sp³-hybridized carbons (Fsp3) is 0.600. The van der Waals surface area contributed by atoms with Crippen LogP contribution in [0.2, 0.25) is 0 Å². The summed E-state index contributed by atoms with van der Waals surface area (Å²) < 4.78 is 0. The van der Waals surface area contributed by atoms with E-state index >= 15 is 0 Å². The number of hydrogen-bond acceptors (Lipinski definition) is 3. The van der Waals surface area contributed by atoms with Gasteiger partial charge >= 0.3 is 0 Å². The fourth-order valence-electron chi connectivity index (χ4n) is 0.297. The van der Waals surface area contributed by atoms with Crippen molar-refractivity contribution in [1.29, 1.82) is 0 Å².